The number of carbonyl (C=O) groups is 1. The van der Waals surface area contributed by atoms with Crippen LogP contribution in [-0.2, 0) is 22.5 Å². The third-order valence-corrected chi connectivity index (χ3v) is 4.46. The number of unbranched alkanes of at least 4 members (excludes halogenated alkanes) is 1. The quantitative estimate of drug-likeness (QED) is 0.661. The monoisotopic (exact) mass is 358 g/mol. The summed E-state index contributed by atoms with van der Waals surface area (Å²) in [5.74, 6) is 0.752. The predicted molar refractivity (Wildman–Crippen MR) is 96.8 cm³/mol. The van der Waals surface area contributed by atoms with Crippen LogP contribution < -0.4 is 5.32 Å². The smallest absolute Gasteiger partial charge is 0.273 e. The second kappa shape index (κ2) is 10.1. The second-order valence-corrected chi connectivity index (χ2v) is 6.61. The Balaban J connectivity index is 1.28. The lowest BCUT2D eigenvalue weighted by atomic mass is 10.1. The predicted octanol–water partition coefficient (Wildman–Crippen LogP) is 2.98. The number of ether oxygens (including phenoxy) is 2. The first-order valence-corrected chi connectivity index (χ1v) is 9.24. The average molecular weight is 358 g/mol. The molecule has 1 fully saturated rings. The first-order chi connectivity index (χ1) is 12.8. The number of aromatic nitrogens is 1. The van der Waals surface area contributed by atoms with Gasteiger partial charge in [0.05, 0.1) is 6.61 Å². The second-order valence-electron chi connectivity index (χ2n) is 6.61. The van der Waals surface area contributed by atoms with E-state index in [0.29, 0.717) is 43.7 Å². The molecule has 1 aromatic carbocycles. The molecule has 1 atom stereocenters. The molecule has 2 heterocycles. The van der Waals surface area contributed by atoms with E-state index in [1.807, 2.05) is 6.07 Å². The molecule has 1 saturated heterocycles. The minimum absolute atomic E-state index is 0.213. The summed E-state index contributed by atoms with van der Waals surface area (Å²) in [5, 5.41) is 6.69. The summed E-state index contributed by atoms with van der Waals surface area (Å²) in [6.07, 6.45) is 4.12. The summed E-state index contributed by atoms with van der Waals surface area (Å²) in [5.41, 5.74) is 1.65. The van der Waals surface area contributed by atoms with E-state index in [1.165, 1.54) is 5.56 Å². The molecule has 1 aliphatic rings. The molecule has 1 aromatic heterocycles. The van der Waals surface area contributed by atoms with Gasteiger partial charge in [0.15, 0.2) is 11.5 Å². The molecule has 0 bridgehead atoms. The Morgan fingerprint density at radius 1 is 1.27 bits per heavy atom. The molecule has 0 spiro atoms. The minimum Gasteiger partial charge on any atom is -0.381 e. The molecule has 0 radical (unpaired) electrons. The van der Waals surface area contributed by atoms with Gasteiger partial charge in [-0.15, -0.1) is 0 Å². The highest BCUT2D eigenvalue weighted by atomic mass is 16.5. The van der Waals surface area contributed by atoms with Crippen LogP contribution in [0.4, 0.5) is 0 Å². The summed E-state index contributed by atoms with van der Waals surface area (Å²) < 4.78 is 16.1. The number of nitrogens with zero attached hydrogens (tertiary/aromatic N) is 1. The topological polar surface area (TPSA) is 73.6 Å². The number of amides is 1. The Morgan fingerprint density at radius 2 is 2.15 bits per heavy atom. The lowest BCUT2D eigenvalue weighted by molar-refractivity contribution is 0.0927. The highest BCUT2D eigenvalue weighted by Gasteiger charge is 2.18. The van der Waals surface area contributed by atoms with Crippen molar-refractivity contribution in [1.29, 1.82) is 0 Å². The number of hydrogen-bond donors (Lipinski definition) is 1. The first kappa shape index (κ1) is 18.6. The van der Waals surface area contributed by atoms with E-state index in [4.69, 9.17) is 14.0 Å². The third-order valence-electron chi connectivity index (χ3n) is 4.46. The van der Waals surface area contributed by atoms with Crippen molar-refractivity contribution in [2.24, 2.45) is 5.92 Å². The largest absolute Gasteiger partial charge is 0.381 e. The van der Waals surface area contributed by atoms with Crippen LogP contribution >= 0.6 is 0 Å². The number of benzene rings is 1. The van der Waals surface area contributed by atoms with Crippen LogP contribution in [0.15, 0.2) is 40.9 Å². The van der Waals surface area contributed by atoms with Gasteiger partial charge in [-0.3, -0.25) is 4.79 Å². The van der Waals surface area contributed by atoms with Crippen LogP contribution in [0.2, 0.25) is 0 Å². The Kier molecular flexibility index (Phi) is 7.22. The van der Waals surface area contributed by atoms with Crippen molar-refractivity contribution in [3.8, 4) is 0 Å². The Morgan fingerprint density at radius 3 is 2.96 bits per heavy atom. The van der Waals surface area contributed by atoms with Gasteiger partial charge in [-0.1, -0.05) is 35.5 Å². The average Bonchev–Trinajstić information content (AvgIpc) is 3.35. The van der Waals surface area contributed by atoms with Gasteiger partial charge in [-0.05, 0) is 31.2 Å². The number of aryl methyl sites for hydroxylation is 1. The van der Waals surface area contributed by atoms with E-state index in [2.05, 4.69) is 34.7 Å². The molecule has 140 valence electrons. The maximum Gasteiger partial charge on any atom is 0.273 e. The van der Waals surface area contributed by atoms with Gasteiger partial charge < -0.3 is 19.3 Å². The van der Waals surface area contributed by atoms with Crippen molar-refractivity contribution >= 4 is 5.91 Å². The normalized spacial score (nSPS) is 16.7. The zero-order valence-electron chi connectivity index (χ0n) is 15.0. The van der Waals surface area contributed by atoms with Crippen molar-refractivity contribution in [3.63, 3.8) is 0 Å². The summed E-state index contributed by atoms with van der Waals surface area (Å²) >= 11 is 0. The van der Waals surface area contributed by atoms with E-state index in [-0.39, 0.29) is 5.91 Å². The summed E-state index contributed by atoms with van der Waals surface area (Å²) in [6.45, 7) is 3.09. The number of rotatable bonds is 10. The van der Waals surface area contributed by atoms with Crippen LogP contribution in [0.1, 0.15) is 41.1 Å². The fraction of sp³-hybridized carbons (Fsp3) is 0.500. The summed E-state index contributed by atoms with van der Waals surface area (Å²) in [7, 11) is 0. The van der Waals surface area contributed by atoms with E-state index in [1.54, 1.807) is 6.07 Å². The lowest BCUT2D eigenvalue weighted by Gasteiger charge is -2.07. The van der Waals surface area contributed by atoms with E-state index in [0.717, 1.165) is 32.3 Å². The van der Waals surface area contributed by atoms with Crippen LogP contribution in [0.5, 0.6) is 0 Å². The molecule has 1 unspecified atom stereocenters. The molecule has 2 aromatic rings. The molecule has 0 saturated carbocycles. The lowest BCUT2D eigenvalue weighted by Crippen LogP contribution is -2.29. The molecule has 3 rings (SSSR count). The molecule has 6 nitrogen and oxygen atoms in total. The van der Waals surface area contributed by atoms with Crippen molar-refractivity contribution in [2.45, 2.75) is 32.3 Å². The highest BCUT2D eigenvalue weighted by molar-refractivity contribution is 5.92. The van der Waals surface area contributed by atoms with Gasteiger partial charge >= 0.3 is 0 Å². The molecule has 1 N–H and O–H groups in total. The zero-order valence-corrected chi connectivity index (χ0v) is 15.0. The van der Waals surface area contributed by atoms with Crippen molar-refractivity contribution in [2.75, 3.05) is 26.4 Å². The number of carbonyl (C=O) groups excluding carboxylic acids is 1. The molecule has 1 aliphatic heterocycles. The fourth-order valence-electron chi connectivity index (χ4n) is 2.91. The van der Waals surface area contributed by atoms with E-state index < -0.39 is 0 Å². The highest BCUT2D eigenvalue weighted by Crippen LogP contribution is 2.11. The molecule has 6 heteroatoms. The molecule has 1 amide bonds. The van der Waals surface area contributed by atoms with Gasteiger partial charge in [0.1, 0.15) is 6.61 Å². The van der Waals surface area contributed by atoms with Gasteiger partial charge in [0, 0.05) is 31.7 Å². The molecular formula is C20H26N2O4. The molecule has 26 heavy (non-hydrogen) atoms. The Bertz CT molecular complexity index is 665. The summed E-state index contributed by atoms with van der Waals surface area (Å²) in [6, 6.07) is 12.1. The zero-order chi connectivity index (χ0) is 18.0. The maximum absolute atomic E-state index is 12.0. The maximum atomic E-state index is 12.0. The van der Waals surface area contributed by atoms with Crippen LogP contribution in [0, 0.1) is 5.92 Å². The first-order valence-electron chi connectivity index (χ1n) is 9.24. The fourth-order valence-corrected chi connectivity index (χ4v) is 2.91. The van der Waals surface area contributed by atoms with E-state index in [9.17, 15) is 4.79 Å². The molecular weight excluding hydrogens is 332 g/mol. The van der Waals surface area contributed by atoms with Gasteiger partial charge in [-0.2, -0.15) is 0 Å². The van der Waals surface area contributed by atoms with Crippen LogP contribution in [0.25, 0.3) is 0 Å². The van der Waals surface area contributed by atoms with Crippen LogP contribution in [0.3, 0.4) is 0 Å². The number of nitrogens with one attached hydrogen (secondary N) is 1. The van der Waals surface area contributed by atoms with Crippen LogP contribution in [-0.4, -0.2) is 37.4 Å². The standard InChI is InChI=1S/C20H26N2O4/c23-20(21-13-17-9-11-25-14-17)19-12-18(26-22-19)15-24-10-5-4-8-16-6-2-1-3-7-16/h1-3,6-7,12,17H,4-5,8-11,13-15H2,(H,21,23). The minimum atomic E-state index is -0.213. The van der Waals surface area contributed by atoms with Gasteiger partial charge in [0.2, 0.25) is 0 Å². The van der Waals surface area contributed by atoms with Crippen molar-refractivity contribution < 1.29 is 18.8 Å². The third kappa shape index (κ3) is 5.97. The van der Waals surface area contributed by atoms with Crippen molar-refractivity contribution in [1.82, 2.24) is 10.5 Å². The van der Waals surface area contributed by atoms with Gasteiger partial charge in [-0.25, -0.2) is 0 Å². The Hall–Kier alpha value is -2.18. The SMILES string of the molecule is O=C(NCC1CCOC1)c1cc(COCCCCc2ccccc2)on1. The van der Waals surface area contributed by atoms with Gasteiger partial charge in [0.25, 0.3) is 5.91 Å². The summed E-state index contributed by atoms with van der Waals surface area (Å²) in [4.78, 5) is 12.0. The van der Waals surface area contributed by atoms with Crippen molar-refractivity contribution in [3.05, 3.63) is 53.4 Å². The number of hydrogen-bond acceptors (Lipinski definition) is 5. The molecule has 0 aliphatic carbocycles. The van der Waals surface area contributed by atoms with E-state index >= 15 is 0 Å². The Labute approximate surface area is 153 Å².